The van der Waals surface area contributed by atoms with Crippen LogP contribution in [-0.4, -0.2) is 33.2 Å². The Bertz CT molecular complexity index is 1010. The highest BCUT2D eigenvalue weighted by Gasteiger charge is 2.18. The van der Waals surface area contributed by atoms with Gasteiger partial charge in [0.15, 0.2) is 0 Å². The van der Waals surface area contributed by atoms with Crippen molar-refractivity contribution in [3.05, 3.63) is 51.9 Å². The van der Waals surface area contributed by atoms with E-state index < -0.39 is 5.97 Å². The number of carbonyl (C=O) groups excluding carboxylic acids is 2. The zero-order chi connectivity index (χ0) is 19.6. The van der Waals surface area contributed by atoms with E-state index in [2.05, 4.69) is 5.32 Å². The van der Waals surface area contributed by atoms with Gasteiger partial charge in [0.1, 0.15) is 16.4 Å². The van der Waals surface area contributed by atoms with Crippen molar-refractivity contribution in [2.75, 3.05) is 26.6 Å². The molecule has 1 amide bonds. The fourth-order valence-corrected chi connectivity index (χ4v) is 3.97. The second-order valence-corrected chi connectivity index (χ2v) is 6.93. The van der Waals surface area contributed by atoms with Crippen LogP contribution in [0.15, 0.2) is 36.4 Å². The molecule has 0 aliphatic rings. The van der Waals surface area contributed by atoms with Crippen molar-refractivity contribution in [1.82, 2.24) is 0 Å². The maximum Gasteiger partial charge on any atom is 0.349 e. The maximum absolute atomic E-state index is 12.6. The molecule has 0 aliphatic carbocycles. The number of esters is 1. The largest absolute Gasteiger partial charge is 0.497 e. The van der Waals surface area contributed by atoms with E-state index in [0.29, 0.717) is 32.6 Å². The summed E-state index contributed by atoms with van der Waals surface area (Å²) in [4.78, 5) is 24.7. The molecule has 0 radical (unpaired) electrons. The van der Waals surface area contributed by atoms with E-state index in [1.54, 1.807) is 36.4 Å². The molecule has 1 N–H and O–H groups in total. The lowest BCUT2D eigenvalue weighted by Gasteiger charge is -2.09. The van der Waals surface area contributed by atoms with Crippen LogP contribution in [0.5, 0.6) is 11.5 Å². The van der Waals surface area contributed by atoms with Crippen LogP contribution in [0.25, 0.3) is 10.1 Å². The zero-order valence-electron chi connectivity index (χ0n) is 14.8. The van der Waals surface area contributed by atoms with Crippen LogP contribution < -0.4 is 14.8 Å². The number of thiophene rings is 1. The monoisotopic (exact) mass is 405 g/mol. The Morgan fingerprint density at radius 3 is 2.26 bits per heavy atom. The highest BCUT2D eigenvalue weighted by atomic mass is 35.5. The number of carbonyl (C=O) groups is 2. The number of methoxy groups -OCH3 is 3. The highest BCUT2D eigenvalue weighted by molar-refractivity contribution is 7.21. The van der Waals surface area contributed by atoms with Gasteiger partial charge in [-0.3, -0.25) is 4.79 Å². The standard InChI is InChI=1S/C19H16ClNO5S/c1-24-12-6-10(7-13(9-12)25-2)18(22)21-11-4-5-14-15(8-11)27-17(16(14)20)19(23)26-3/h4-9H,1-3H3,(H,21,22). The molecule has 27 heavy (non-hydrogen) atoms. The van der Waals surface area contributed by atoms with Gasteiger partial charge in [0.25, 0.3) is 5.91 Å². The van der Waals surface area contributed by atoms with Gasteiger partial charge in [-0.2, -0.15) is 0 Å². The summed E-state index contributed by atoms with van der Waals surface area (Å²) in [7, 11) is 4.34. The molecular weight excluding hydrogens is 390 g/mol. The van der Waals surface area contributed by atoms with Gasteiger partial charge in [-0.1, -0.05) is 11.6 Å². The number of amides is 1. The number of hydrogen-bond donors (Lipinski definition) is 1. The lowest BCUT2D eigenvalue weighted by atomic mass is 10.1. The van der Waals surface area contributed by atoms with E-state index in [1.807, 2.05) is 0 Å². The molecule has 8 heteroatoms. The van der Waals surface area contributed by atoms with Gasteiger partial charge >= 0.3 is 5.97 Å². The van der Waals surface area contributed by atoms with Gasteiger partial charge < -0.3 is 19.5 Å². The van der Waals surface area contributed by atoms with Crippen LogP contribution >= 0.6 is 22.9 Å². The number of ether oxygens (including phenoxy) is 3. The minimum absolute atomic E-state index is 0.317. The predicted molar refractivity (Wildman–Crippen MR) is 106 cm³/mol. The lowest BCUT2D eigenvalue weighted by molar-refractivity contribution is 0.0606. The topological polar surface area (TPSA) is 73.9 Å². The molecule has 0 saturated carbocycles. The number of benzene rings is 2. The first-order valence-electron chi connectivity index (χ1n) is 7.81. The van der Waals surface area contributed by atoms with E-state index in [9.17, 15) is 9.59 Å². The molecule has 1 heterocycles. The summed E-state index contributed by atoms with van der Waals surface area (Å²) in [6, 6.07) is 10.2. The van der Waals surface area contributed by atoms with Gasteiger partial charge in [-0.15, -0.1) is 11.3 Å². The van der Waals surface area contributed by atoms with Crippen LogP contribution in [0.4, 0.5) is 5.69 Å². The fourth-order valence-electron chi connectivity index (χ4n) is 2.51. The summed E-state index contributed by atoms with van der Waals surface area (Å²) < 4.78 is 15.9. The average molecular weight is 406 g/mol. The first-order chi connectivity index (χ1) is 13.0. The van der Waals surface area contributed by atoms with Crippen molar-refractivity contribution < 1.29 is 23.8 Å². The van der Waals surface area contributed by atoms with Crippen LogP contribution in [-0.2, 0) is 4.74 Å². The van der Waals surface area contributed by atoms with Gasteiger partial charge in [0.2, 0.25) is 0 Å². The van der Waals surface area contributed by atoms with Gasteiger partial charge in [-0.25, -0.2) is 4.79 Å². The van der Waals surface area contributed by atoms with E-state index in [4.69, 9.17) is 25.8 Å². The molecule has 0 unspecified atom stereocenters. The van der Waals surface area contributed by atoms with Crippen molar-refractivity contribution in [2.24, 2.45) is 0 Å². The minimum atomic E-state index is -0.490. The van der Waals surface area contributed by atoms with Crippen LogP contribution in [0, 0.1) is 0 Å². The second kappa shape index (κ2) is 7.85. The van der Waals surface area contributed by atoms with Crippen LogP contribution in [0.3, 0.4) is 0 Å². The van der Waals surface area contributed by atoms with Gasteiger partial charge in [-0.05, 0) is 30.3 Å². The van der Waals surface area contributed by atoms with Crippen molar-refractivity contribution in [1.29, 1.82) is 0 Å². The molecule has 0 bridgehead atoms. The minimum Gasteiger partial charge on any atom is -0.497 e. The molecule has 140 valence electrons. The van der Waals surface area contributed by atoms with E-state index in [0.717, 1.165) is 10.1 Å². The van der Waals surface area contributed by atoms with Crippen molar-refractivity contribution in [3.63, 3.8) is 0 Å². The molecule has 0 atom stereocenters. The van der Waals surface area contributed by atoms with Crippen molar-refractivity contribution in [2.45, 2.75) is 0 Å². The van der Waals surface area contributed by atoms with E-state index in [1.165, 1.54) is 32.7 Å². The molecular formula is C19H16ClNO5S. The predicted octanol–water partition coefficient (Wildman–Crippen LogP) is 4.61. The van der Waals surface area contributed by atoms with E-state index in [-0.39, 0.29) is 5.91 Å². The van der Waals surface area contributed by atoms with E-state index >= 15 is 0 Å². The Morgan fingerprint density at radius 2 is 1.67 bits per heavy atom. The molecule has 0 spiro atoms. The maximum atomic E-state index is 12.6. The molecule has 2 aromatic carbocycles. The quantitative estimate of drug-likeness (QED) is 0.627. The highest BCUT2D eigenvalue weighted by Crippen LogP contribution is 2.37. The summed E-state index contributed by atoms with van der Waals surface area (Å²) in [6.45, 7) is 0. The Balaban J connectivity index is 1.90. The molecule has 0 saturated heterocycles. The second-order valence-electron chi connectivity index (χ2n) is 5.50. The average Bonchev–Trinajstić information content (AvgIpc) is 3.02. The Hall–Kier alpha value is -2.77. The number of nitrogens with one attached hydrogen (secondary N) is 1. The van der Waals surface area contributed by atoms with Crippen molar-refractivity contribution in [3.8, 4) is 11.5 Å². The summed E-state index contributed by atoms with van der Waals surface area (Å²) in [5.41, 5.74) is 0.967. The summed E-state index contributed by atoms with van der Waals surface area (Å²) >= 11 is 7.45. The molecule has 3 rings (SSSR count). The fraction of sp³-hybridized carbons (Fsp3) is 0.158. The molecule has 0 aliphatic heterocycles. The number of fused-ring (bicyclic) bond motifs is 1. The van der Waals surface area contributed by atoms with Crippen LogP contribution in [0.1, 0.15) is 20.0 Å². The molecule has 1 aromatic heterocycles. The summed E-state index contributed by atoms with van der Waals surface area (Å²) in [5.74, 6) is 0.225. The Labute approximate surface area is 164 Å². The first kappa shape index (κ1) is 19.0. The number of anilines is 1. The van der Waals surface area contributed by atoms with Gasteiger partial charge in [0.05, 0.1) is 26.4 Å². The molecule has 3 aromatic rings. The Kier molecular flexibility index (Phi) is 5.53. The van der Waals surface area contributed by atoms with Gasteiger partial charge in [0, 0.05) is 27.4 Å². The first-order valence-corrected chi connectivity index (χ1v) is 9.01. The SMILES string of the molecule is COC(=O)c1sc2cc(NC(=O)c3cc(OC)cc(OC)c3)ccc2c1Cl. The van der Waals surface area contributed by atoms with Crippen LogP contribution in [0.2, 0.25) is 5.02 Å². The number of rotatable bonds is 5. The zero-order valence-corrected chi connectivity index (χ0v) is 16.4. The van der Waals surface area contributed by atoms with Crippen molar-refractivity contribution >= 4 is 50.6 Å². The molecule has 0 fully saturated rings. The Morgan fingerprint density at radius 1 is 1.00 bits per heavy atom. The molecule has 6 nitrogen and oxygen atoms in total. The number of halogens is 1. The smallest absolute Gasteiger partial charge is 0.349 e. The third-order valence-corrected chi connectivity index (χ3v) is 5.51. The third kappa shape index (κ3) is 3.84. The normalized spacial score (nSPS) is 10.5. The lowest BCUT2D eigenvalue weighted by Crippen LogP contribution is -2.12. The third-order valence-electron chi connectivity index (χ3n) is 3.87. The summed E-state index contributed by atoms with van der Waals surface area (Å²) in [6.07, 6.45) is 0. The number of hydrogen-bond acceptors (Lipinski definition) is 6. The summed E-state index contributed by atoms with van der Waals surface area (Å²) in [5, 5.41) is 3.89.